The summed E-state index contributed by atoms with van der Waals surface area (Å²) in [5, 5.41) is 9.58. The van der Waals surface area contributed by atoms with Crippen molar-refractivity contribution in [1.82, 2.24) is 14.8 Å². The molecule has 0 spiro atoms. The molecule has 1 aliphatic rings. The molecule has 0 N–H and O–H groups in total. The number of aryl methyl sites for hydroxylation is 1. The van der Waals surface area contributed by atoms with Gasteiger partial charge in [-0.2, -0.15) is 0 Å². The summed E-state index contributed by atoms with van der Waals surface area (Å²) in [4.78, 5) is 0. The van der Waals surface area contributed by atoms with Gasteiger partial charge in [0.1, 0.15) is 5.82 Å². The van der Waals surface area contributed by atoms with Crippen LogP contribution in [-0.2, 0) is 10.8 Å². The average Bonchev–Trinajstić information content (AvgIpc) is 3.37. The highest BCUT2D eigenvalue weighted by Crippen LogP contribution is 2.50. The van der Waals surface area contributed by atoms with Gasteiger partial charge in [0, 0.05) is 16.4 Å². The van der Waals surface area contributed by atoms with Crippen molar-refractivity contribution >= 4 is 0 Å². The molecule has 4 aromatic rings. The highest BCUT2D eigenvalue weighted by molar-refractivity contribution is 5.82. The second-order valence-corrected chi connectivity index (χ2v) is 10.9. The number of aromatic nitrogens is 3. The van der Waals surface area contributed by atoms with Crippen molar-refractivity contribution in [3.63, 3.8) is 0 Å². The van der Waals surface area contributed by atoms with Gasteiger partial charge in [0.05, 0.1) is 5.69 Å². The van der Waals surface area contributed by atoms with Crippen LogP contribution in [0.25, 0.3) is 28.2 Å². The Labute approximate surface area is 203 Å². The first-order valence-electron chi connectivity index (χ1n) is 12.5. The fourth-order valence-corrected chi connectivity index (χ4v) is 5.54. The summed E-state index contributed by atoms with van der Waals surface area (Å²) >= 11 is 0. The molecule has 174 valence electrons. The van der Waals surface area contributed by atoms with Crippen molar-refractivity contribution in [3.8, 4) is 28.2 Å². The quantitative estimate of drug-likeness (QED) is 0.298. The molecule has 1 aromatic heterocycles. The number of hydrogen-bond donors (Lipinski definition) is 0. The van der Waals surface area contributed by atoms with E-state index in [0.717, 1.165) is 23.6 Å². The van der Waals surface area contributed by atoms with Crippen LogP contribution >= 0.6 is 0 Å². The lowest BCUT2D eigenvalue weighted by atomic mass is 9.82. The molecule has 1 heterocycles. The fourth-order valence-electron chi connectivity index (χ4n) is 5.54. The van der Waals surface area contributed by atoms with Gasteiger partial charge in [0.15, 0.2) is 5.82 Å². The number of unbranched alkanes of at least 4 members (excludes halogenated alkanes) is 1. The van der Waals surface area contributed by atoms with Crippen LogP contribution in [0.4, 0.5) is 0 Å². The summed E-state index contributed by atoms with van der Waals surface area (Å²) in [6.07, 6.45) is 3.43. The molecule has 0 atom stereocenters. The summed E-state index contributed by atoms with van der Waals surface area (Å²) in [6, 6.07) is 24.1. The second-order valence-electron chi connectivity index (χ2n) is 10.9. The summed E-state index contributed by atoms with van der Waals surface area (Å²) in [6.45, 7) is 13.8. The van der Waals surface area contributed by atoms with E-state index in [4.69, 9.17) is 10.2 Å². The predicted molar refractivity (Wildman–Crippen MR) is 142 cm³/mol. The highest BCUT2D eigenvalue weighted by atomic mass is 15.3. The van der Waals surface area contributed by atoms with Crippen molar-refractivity contribution < 1.29 is 0 Å². The smallest absolute Gasteiger partial charge is 0.168 e. The lowest BCUT2D eigenvalue weighted by Gasteiger charge is -2.27. The van der Waals surface area contributed by atoms with E-state index in [-0.39, 0.29) is 10.8 Å². The van der Waals surface area contributed by atoms with Gasteiger partial charge < -0.3 is 0 Å². The van der Waals surface area contributed by atoms with Gasteiger partial charge in [-0.05, 0) is 53.3 Å². The highest BCUT2D eigenvalue weighted by Gasteiger charge is 2.37. The Morgan fingerprint density at radius 3 is 2.29 bits per heavy atom. The van der Waals surface area contributed by atoms with Gasteiger partial charge >= 0.3 is 0 Å². The van der Waals surface area contributed by atoms with Crippen molar-refractivity contribution in [2.75, 3.05) is 0 Å². The maximum Gasteiger partial charge on any atom is 0.168 e. The van der Waals surface area contributed by atoms with Crippen LogP contribution in [0.3, 0.4) is 0 Å². The predicted octanol–water partition coefficient (Wildman–Crippen LogP) is 8.02. The standard InChI is InChI=1S/C31H35N3/c1-7-8-18-30(3,4)29-33-32-28(22-14-10-9-11-15-22)34(29)27-20-26-24(19-21(27)2)23-16-12-13-17-25(23)31(26,5)6/h9-17,19-20H,7-8,18H2,1-6H3. The van der Waals surface area contributed by atoms with Gasteiger partial charge in [-0.3, -0.25) is 4.57 Å². The summed E-state index contributed by atoms with van der Waals surface area (Å²) in [5.41, 5.74) is 8.87. The van der Waals surface area contributed by atoms with E-state index in [1.54, 1.807) is 0 Å². The first-order valence-corrected chi connectivity index (χ1v) is 12.5. The minimum atomic E-state index is -0.0834. The molecule has 0 saturated heterocycles. The Morgan fingerprint density at radius 1 is 0.853 bits per heavy atom. The van der Waals surface area contributed by atoms with Gasteiger partial charge in [-0.25, -0.2) is 0 Å². The minimum absolute atomic E-state index is 0.0484. The van der Waals surface area contributed by atoms with Gasteiger partial charge in [-0.1, -0.05) is 102 Å². The van der Waals surface area contributed by atoms with E-state index in [1.165, 1.54) is 46.3 Å². The Bertz CT molecular complexity index is 1340. The van der Waals surface area contributed by atoms with E-state index in [9.17, 15) is 0 Å². The molecule has 0 bridgehead atoms. The van der Waals surface area contributed by atoms with Crippen LogP contribution in [0, 0.1) is 6.92 Å². The van der Waals surface area contributed by atoms with Crippen LogP contribution in [-0.4, -0.2) is 14.8 Å². The third-order valence-corrected chi connectivity index (χ3v) is 7.60. The molecular formula is C31H35N3. The summed E-state index contributed by atoms with van der Waals surface area (Å²) in [5.74, 6) is 1.95. The van der Waals surface area contributed by atoms with E-state index in [0.29, 0.717) is 0 Å². The van der Waals surface area contributed by atoms with Crippen LogP contribution in [0.2, 0.25) is 0 Å². The molecule has 0 amide bonds. The molecule has 3 heteroatoms. The van der Waals surface area contributed by atoms with Crippen molar-refractivity contribution in [2.24, 2.45) is 0 Å². The Hall–Kier alpha value is -3.20. The fraction of sp³-hybridized carbons (Fsp3) is 0.355. The Kier molecular flexibility index (Phi) is 5.47. The van der Waals surface area contributed by atoms with Crippen molar-refractivity contribution in [2.45, 2.75) is 71.6 Å². The summed E-state index contributed by atoms with van der Waals surface area (Å²) in [7, 11) is 0. The van der Waals surface area contributed by atoms with Crippen molar-refractivity contribution in [3.05, 3.63) is 89.2 Å². The molecule has 0 fully saturated rings. The van der Waals surface area contributed by atoms with Crippen LogP contribution in [0.5, 0.6) is 0 Å². The van der Waals surface area contributed by atoms with E-state index < -0.39 is 0 Å². The topological polar surface area (TPSA) is 30.7 Å². The summed E-state index contributed by atoms with van der Waals surface area (Å²) < 4.78 is 2.33. The lowest BCUT2D eigenvalue weighted by molar-refractivity contribution is 0.425. The molecule has 3 nitrogen and oxygen atoms in total. The molecule has 0 aliphatic heterocycles. The van der Waals surface area contributed by atoms with Crippen LogP contribution in [0.15, 0.2) is 66.7 Å². The maximum atomic E-state index is 4.82. The molecule has 34 heavy (non-hydrogen) atoms. The molecule has 0 radical (unpaired) electrons. The first-order chi connectivity index (χ1) is 16.3. The first kappa shape index (κ1) is 22.6. The zero-order valence-corrected chi connectivity index (χ0v) is 21.3. The number of benzene rings is 3. The van der Waals surface area contributed by atoms with E-state index >= 15 is 0 Å². The minimum Gasteiger partial charge on any atom is -0.278 e. The zero-order chi connectivity index (χ0) is 24.1. The molecular weight excluding hydrogens is 414 g/mol. The number of fused-ring (bicyclic) bond motifs is 3. The van der Waals surface area contributed by atoms with E-state index in [2.05, 4.69) is 113 Å². The number of hydrogen-bond acceptors (Lipinski definition) is 2. The number of nitrogens with zero attached hydrogens (tertiary/aromatic N) is 3. The van der Waals surface area contributed by atoms with Gasteiger partial charge in [-0.15, -0.1) is 10.2 Å². The molecule has 0 unspecified atom stereocenters. The lowest BCUT2D eigenvalue weighted by Crippen LogP contribution is -2.23. The van der Waals surface area contributed by atoms with Gasteiger partial charge in [0.2, 0.25) is 0 Å². The zero-order valence-electron chi connectivity index (χ0n) is 21.3. The van der Waals surface area contributed by atoms with Crippen molar-refractivity contribution in [1.29, 1.82) is 0 Å². The van der Waals surface area contributed by atoms with Crippen LogP contribution < -0.4 is 0 Å². The maximum absolute atomic E-state index is 4.82. The molecule has 5 rings (SSSR count). The molecule has 1 aliphatic carbocycles. The van der Waals surface area contributed by atoms with Crippen LogP contribution in [0.1, 0.15) is 76.4 Å². The third kappa shape index (κ3) is 3.50. The Balaban J connectivity index is 1.76. The largest absolute Gasteiger partial charge is 0.278 e. The Morgan fingerprint density at radius 2 is 1.56 bits per heavy atom. The SMILES string of the molecule is CCCCC(C)(C)c1nnc(-c2ccccc2)n1-c1cc2c(cc1C)-c1ccccc1C2(C)C. The normalized spacial score (nSPS) is 14.2. The second kappa shape index (κ2) is 8.23. The average molecular weight is 450 g/mol. The molecule has 0 saturated carbocycles. The number of rotatable bonds is 6. The van der Waals surface area contributed by atoms with Gasteiger partial charge in [0.25, 0.3) is 0 Å². The van der Waals surface area contributed by atoms with E-state index in [1.807, 2.05) is 0 Å². The molecule has 3 aromatic carbocycles. The monoisotopic (exact) mass is 449 g/mol. The third-order valence-electron chi connectivity index (χ3n) is 7.60.